The van der Waals surface area contributed by atoms with Gasteiger partial charge in [-0.15, -0.1) is 0 Å². The molecule has 0 bridgehead atoms. The number of benzene rings is 1. The van der Waals surface area contributed by atoms with Gasteiger partial charge in [0.25, 0.3) is 0 Å². The third-order valence-corrected chi connectivity index (χ3v) is 4.41. The first-order chi connectivity index (χ1) is 8.43. The van der Waals surface area contributed by atoms with E-state index in [0.717, 1.165) is 5.16 Å². The van der Waals surface area contributed by atoms with Crippen LogP contribution in [0.15, 0.2) is 35.7 Å². The van der Waals surface area contributed by atoms with Gasteiger partial charge in [-0.3, -0.25) is 5.10 Å². The van der Waals surface area contributed by atoms with E-state index < -0.39 is 0 Å². The number of H-pyrrole nitrogens is 1. The van der Waals surface area contributed by atoms with Crippen LogP contribution in [0.4, 0.5) is 0 Å². The number of nitrogens with zero attached hydrogens (tertiary/aromatic N) is 2. The molecular formula is C13H15N3S. The molecule has 4 heteroatoms. The summed E-state index contributed by atoms with van der Waals surface area (Å²) in [4.78, 5) is 4.21. The Hall–Kier alpha value is -1.29. The van der Waals surface area contributed by atoms with Crippen LogP contribution in [0.1, 0.15) is 35.6 Å². The summed E-state index contributed by atoms with van der Waals surface area (Å²) in [5.74, 6) is 0. The molecule has 0 aliphatic heterocycles. The lowest BCUT2D eigenvalue weighted by molar-refractivity contribution is 0.702. The number of aromatic nitrogens is 3. The second-order valence-electron chi connectivity index (χ2n) is 4.34. The summed E-state index contributed by atoms with van der Waals surface area (Å²) >= 11 is 1.80. The summed E-state index contributed by atoms with van der Waals surface area (Å²) in [5.41, 5.74) is 2.98. The Labute approximate surface area is 105 Å². The van der Waals surface area contributed by atoms with Gasteiger partial charge in [-0.1, -0.05) is 42.4 Å². The van der Waals surface area contributed by atoms with Gasteiger partial charge in [0, 0.05) is 5.25 Å². The third-order valence-electron chi connectivity index (χ3n) is 3.21. The predicted molar refractivity (Wildman–Crippen MR) is 69.0 cm³/mol. The highest BCUT2D eigenvalue weighted by Gasteiger charge is 2.20. The summed E-state index contributed by atoms with van der Waals surface area (Å²) in [7, 11) is 0. The zero-order valence-corrected chi connectivity index (χ0v) is 10.4. The molecule has 3 nitrogen and oxygen atoms in total. The first-order valence-electron chi connectivity index (χ1n) is 6.03. The number of rotatable bonds is 2. The van der Waals surface area contributed by atoms with Crippen LogP contribution in [-0.4, -0.2) is 15.2 Å². The molecule has 1 aliphatic carbocycles. The fourth-order valence-electron chi connectivity index (χ4n) is 2.38. The maximum atomic E-state index is 4.21. The molecule has 1 heterocycles. The number of hydrogen-bond acceptors (Lipinski definition) is 3. The highest BCUT2D eigenvalue weighted by Crippen LogP contribution is 2.40. The normalized spacial score (nSPS) is 19.6. The maximum Gasteiger partial charge on any atom is 0.183 e. The van der Waals surface area contributed by atoms with Crippen molar-refractivity contribution in [2.24, 2.45) is 0 Å². The molecule has 0 spiro atoms. The Kier molecular flexibility index (Phi) is 3.14. The second-order valence-corrected chi connectivity index (χ2v) is 5.53. The zero-order chi connectivity index (χ0) is 11.5. The minimum atomic E-state index is 0.515. The molecule has 0 amide bonds. The van der Waals surface area contributed by atoms with Crippen LogP contribution in [0.3, 0.4) is 0 Å². The predicted octanol–water partition coefficient (Wildman–Crippen LogP) is 3.36. The van der Waals surface area contributed by atoms with Crippen LogP contribution >= 0.6 is 11.8 Å². The van der Waals surface area contributed by atoms with Gasteiger partial charge in [0.1, 0.15) is 6.33 Å². The van der Waals surface area contributed by atoms with Crippen molar-refractivity contribution in [2.45, 2.75) is 36.1 Å². The summed E-state index contributed by atoms with van der Waals surface area (Å²) in [6, 6.07) is 8.79. The lowest BCUT2D eigenvalue weighted by Crippen LogP contribution is -1.96. The topological polar surface area (TPSA) is 41.6 Å². The smallest absolute Gasteiger partial charge is 0.183 e. The highest BCUT2D eigenvalue weighted by atomic mass is 32.2. The molecule has 1 aromatic carbocycles. The Morgan fingerprint density at radius 2 is 2.18 bits per heavy atom. The molecule has 2 aromatic rings. The average molecular weight is 245 g/mol. The minimum Gasteiger partial charge on any atom is -0.254 e. The summed E-state index contributed by atoms with van der Waals surface area (Å²) in [6.07, 6.45) is 6.60. The van der Waals surface area contributed by atoms with Crippen LogP contribution in [0.5, 0.6) is 0 Å². The third kappa shape index (κ3) is 2.36. The van der Waals surface area contributed by atoms with Crippen molar-refractivity contribution < 1.29 is 0 Å². The van der Waals surface area contributed by atoms with E-state index in [-0.39, 0.29) is 0 Å². The molecule has 1 aromatic heterocycles. The standard InChI is InChI=1S/C13H15N3S/c1-3-7-11-10(5-1)6-2-4-8-12(11)17-13-14-9-15-16-13/h1,3,5,7,9,12H,2,4,6,8H2,(H,14,15,16). The quantitative estimate of drug-likeness (QED) is 0.825. The molecule has 1 aliphatic rings. The van der Waals surface area contributed by atoms with Crippen molar-refractivity contribution in [1.29, 1.82) is 0 Å². The van der Waals surface area contributed by atoms with Gasteiger partial charge in [0.2, 0.25) is 0 Å². The van der Waals surface area contributed by atoms with E-state index in [1.807, 2.05) is 0 Å². The first kappa shape index (κ1) is 10.8. The van der Waals surface area contributed by atoms with Gasteiger partial charge in [-0.05, 0) is 30.4 Å². The lowest BCUT2D eigenvalue weighted by Gasteiger charge is -2.15. The highest BCUT2D eigenvalue weighted by molar-refractivity contribution is 7.99. The van der Waals surface area contributed by atoms with Gasteiger partial charge in [-0.2, -0.15) is 5.10 Å². The fourth-order valence-corrected chi connectivity index (χ4v) is 3.51. The Morgan fingerprint density at radius 3 is 3.06 bits per heavy atom. The van der Waals surface area contributed by atoms with Crippen molar-refractivity contribution in [3.63, 3.8) is 0 Å². The van der Waals surface area contributed by atoms with Crippen molar-refractivity contribution in [2.75, 3.05) is 0 Å². The van der Waals surface area contributed by atoms with Crippen LogP contribution in [0.25, 0.3) is 0 Å². The number of fused-ring (bicyclic) bond motifs is 1. The lowest BCUT2D eigenvalue weighted by atomic mass is 10.0. The number of nitrogens with one attached hydrogen (secondary N) is 1. The molecule has 0 saturated carbocycles. The average Bonchev–Trinajstić information content (AvgIpc) is 2.78. The monoisotopic (exact) mass is 245 g/mol. The Bertz CT molecular complexity index is 481. The second kappa shape index (κ2) is 4.92. The van der Waals surface area contributed by atoms with E-state index in [1.54, 1.807) is 18.1 Å². The van der Waals surface area contributed by atoms with Crippen molar-refractivity contribution in [1.82, 2.24) is 15.2 Å². The molecule has 0 radical (unpaired) electrons. The summed E-state index contributed by atoms with van der Waals surface area (Å²) in [5, 5.41) is 8.29. The van der Waals surface area contributed by atoms with E-state index in [1.165, 1.54) is 36.8 Å². The minimum absolute atomic E-state index is 0.515. The number of aryl methyl sites for hydroxylation is 1. The van der Waals surface area contributed by atoms with E-state index in [0.29, 0.717) is 5.25 Å². The van der Waals surface area contributed by atoms with Crippen LogP contribution in [0, 0.1) is 0 Å². The largest absolute Gasteiger partial charge is 0.254 e. The SMILES string of the molecule is c1ccc2c(c1)CCCCC2Sc1ncn[nH]1. The molecule has 88 valence electrons. The van der Waals surface area contributed by atoms with Gasteiger partial charge in [0.15, 0.2) is 5.16 Å². The van der Waals surface area contributed by atoms with Crippen LogP contribution < -0.4 is 0 Å². The maximum absolute atomic E-state index is 4.21. The number of hydrogen-bond donors (Lipinski definition) is 1. The van der Waals surface area contributed by atoms with Gasteiger partial charge >= 0.3 is 0 Å². The first-order valence-corrected chi connectivity index (χ1v) is 6.91. The molecule has 0 saturated heterocycles. The van der Waals surface area contributed by atoms with Crippen molar-refractivity contribution in [3.05, 3.63) is 41.7 Å². The van der Waals surface area contributed by atoms with E-state index >= 15 is 0 Å². The number of aromatic amines is 1. The Morgan fingerprint density at radius 1 is 1.24 bits per heavy atom. The van der Waals surface area contributed by atoms with E-state index in [9.17, 15) is 0 Å². The van der Waals surface area contributed by atoms with E-state index in [2.05, 4.69) is 39.4 Å². The van der Waals surface area contributed by atoms with E-state index in [4.69, 9.17) is 0 Å². The van der Waals surface area contributed by atoms with Crippen molar-refractivity contribution >= 4 is 11.8 Å². The molecular weight excluding hydrogens is 230 g/mol. The molecule has 17 heavy (non-hydrogen) atoms. The Balaban J connectivity index is 1.89. The van der Waals surface area contributed by atoms with Crippen molar-refractivity contribution in [3.8, 4) is 0 Å². The zero-order valence-electron chi connectivity index (χ0n) is 9.60. The van der Waals surface area contributed by atoms with Gasteiger partial charge in [0.05, 0.1) is 0 Å². The fraction of sp³-hybridized carbons (Fsp3) is 0.385. The van der Waals surface area contributed by atoms with Crippen LogP contribution in [-0.2, 0) is 6.42 Å². The molecule has 1 unspecified atom stereocenters. The van der Waals surface area contributed by atoms with Gasteiger partial charge in [-0.25, -0.2) is 4.98 Å². The molecule has 3 rings (SSSR count). The molecule has 0 fully saturated rings. The molecule has 1 N–H and O–H groups in total. The van der Waals surface area contributed by atoms with Gasteiger partial charge < -0.3 is 0 Å². The summed E-state index contributed by atoms with van der Waals surface area (Å²) < 4.78 is 0. The summed E-state index contributed by atoms with van der Waals surface area (Å²) in [6.45, 7) is 0. The number of thioether (sulfide) groups is 1. The molecule has 1 atom stereocenters. The van der Waals surface area contributed by atoms with Crippen LogP contribution in [0.2, 0.25) is 0 Å².